The number of rotatable bonds is 5. The second kappa shape index (κ2) is 7.17. The lowest BCUT2D eigenvalue weighted by Crippen LogP contribution is -2.34. The van der Waals surface area contributed by atoms with E-state index in [2.05, 4.69) is 5.32 Å². The van der Waals surface area contributed by atoms with Crippen LogP contribution in [0.4, 0.5) is 4.79 Å². The van der Waals surface area contributed by atoms with Gasteiger partial charge in [-0.15, -0.1) is 0 Å². The number of amides is 1. The molecule has 6 nitrogen and oxygen atoms in total. The quantitative estimate of drug-likeness (QED) is 0.871. The van der Waals surface area contributed by atoms with Gasteiger partial charge in [0.1, 0.15) is 23.2 Å². The molecule has 0 spiro atoms. The zero-order valence-electron chi connectivity index (χ0n) is 13.1. The molecule has 0 saturated carbocycles. The van der Waals surface area contributed by atoms with Gasteiger partial charge in [0.25, 0.3) is 0 Å². The second-order valence-electron chi connectivity index (χ2n) is 5.47. The molecule has 1 atom stereocenters. The molecule has 0 aliphatic carbocycles. The smallest absolute Gasteiger partial charge is 0.407 e. The van der Waals surface area contributed by atoms with Gasteiger partial charge in [0.05, 0.1) is 26.3 Å². The third-order valence-electron chi connectivity index (χ3n) is 2.64. The summed E-state index contributed by atoms with van der Waals surface area (Å²) in [6.07, 6.45) is -1.56. The van der Waals surface area contributed by atoms with E-state index in [1.807, 2.05) is 0 Å². The summed E-state index contributed by atoms with van der Waals surface area (Å²) in [6, 6.07) is 5.19. The van der Waals surface area contributed by atoms with Crippen LogP contribution in [0, 0.1) is 0 Å². The van der Waals surface area contributed by atoms with Gasteiger partial charge in [-0.2, -0.15) is 0 Å². The Hall–Kier alpha value is -1.95. The lowest BCUT2D eigenvalue weighted by Gasteiger charge is -2.21. The molecule has 1 amide bonds. The number of carbonyl (C=O) groups is 1. The standard InChI is InChI=1S/C15H23NO5/c1-15(2,3)21-14(18)16-9-10(17)13-11(19-4)7-6-8-12(13)20-5/h6-8,10,17H,9H2,1-5H3,(H,16,18). The van der Waals surface area contributed by atoms with Crippen molar-refractivity contribution in [3.05, 3.63) is 23.8 Å². The van der Waals surface area contributed by atoms with Crippen molar-refractivity contribution in [1.82, 2.24) is 5.32 Å². The molecule has 0 aromatic heterocycles. The van der Waals surface area contributed by atoms with E-state index in [0.29, 0.717) is 17.1 Å². The minimum absolute atomic E-state index is 0.00829. The Bertz CT molecular complexity index is 459. The molecule has 0 saturated heterocycles. The van der Waals surface area contributed by atoms with Crippen LogP contribution in [-0.2, 0) is 4.74 Å². The van der Waals surface area contributed by atoms with E-state index < -0.39 is 17.8 Å². The van der Waals surface area contributed by atoms with E-state index in [4.69, 9.17) is 14.2 Å². The number of methoxy groups -OCH3 is 2. The van der Waals surface area contributed by atoms with Crippen molar-refractivity contribution in [2.75, 3.05) is 20.8 Å². The Kier molecular flexibility index (Phi) is 5.84. The van der Waals surface area contributed by atoms with E-state index in [9.17, 15) is 9.90 Å². The first kappa shape index (κ1) is 17.1. The summed E-state index contributed by atoms with van der Waals surface area (Å²) in [5.41, 5.74) is -0.101. The van der Waals surface area contributed by atoms with Crippen molar-refractivity contribution in [3.8, 4) is 11.5 Å². The van der Waals surface area contributed by atoms with Crippen molar-refractivity contribution in [1.29, 1.82) is 0 Å². The summed E-state index contributed by atoms with van der Waals surface area (Å²) in [7, 11) is 3.01. The molecule has 1 aromatic carbocycles. The van der Waals surface area contributed by atoms with Gasteiger partial charge in [0.15, 0.2) is 0 Å². The Morgan fingerprint density at radius 2 is 1.76 bits per heavy atom. The van der Waals surface area contributed by atoms with Crippen LogP contribution in [-0.4, -0.2) is 37.6 Å². The highest BCUT2D eigenvalue weighted by Gasteiger charge is 2.21. The van der Waals surface area contributed by atoms with Gasteiger partial charge in [0.2, 0.25) is 0 Å². The van der Waals surface area contributed by atoms with Crippen LogP contribution in [0.25, 0.3) is 0 Å². The Labute approximate surface area is 125 Å². The molecule has 0 radical (unpaired) electrons. The molecule has 0 aliphatic rings. The summed E-state index contributed by atoms with van der Waals surface area (Å²) in [5, 5.41) is 12.8. The molecule has 1 aromatic rings. The lowest BCUT2D eigenvalue weighted by molar-refractivity contribution is 0.0489. The number of nitrogens with one attached hydrogen (secondary N) is 1. The number of alkyl carbamates (subject to hydrolysis) is 1. The molecular formula is C15H23NO5. The fourth-order valence-corrected chi connectivity index (χ4v) is 1.80. The lowest BCUT2D eigenvalue weighted by atomic mass is 10.1. The largest absolute Gasteiger partial charge is 0.496 e. The molecule has 6 heteroatoms. The predicted molar refractivity (Wildman–Crippen MR) is 78.7 cm³/mol. The monoisotopic (exact) mass is 297 g/mol. The Morgan fingerprint density at radius 3 is 2.19 bits per heavy atom. The van der Waals surface area contributed by atoms with Gasteiger partial charge in [-0.25, -0.2) is 4.79 Å². The van der Waals surface area contributed by atoms with Crippen LogP contribution in [0.3, 0.4) is 0 Å². The minimum atomic E-state index is -0.969. The predicted octanol–water partition coefficient (Wildman–Crippen LogP) is 2.26. The molecule has 2 N–H and O–H groups in total. The fraction of sp³-hybridized carbons (Fsp3) is 0.533. The first-order valence-corrected chi connectivity index (χ1v) is 6.64. The van der Waals surface area contributed by atoms with Crippen molar-refractivity contribution in [3.63, 3.8) is 0 Å². The molecule has 0 heterocycles. The normalized spacial score (nSPS) is 12.5. The number of hydrogen-bond acceptors (Lipinski definition) is 5. The van der Waals surface area contributed by atoms with E-state index in [1.54, 1.807) is 39.0 Å². The van der Waals surface area contributed by atoms with Gasteiger partial charge in [-0.1, -0.05) is 6.07 Å². The average molecular weight is 297 g/mol. The van der Waals surface area contributed by atoms with Crippen molar-refractivity contribution < 1.29 is 24.1 Å². The average Bonchev–Trinajstić information content (AvgIpc) is 2.41. The molecule has 0 fully saturated rings. The number of aliphatic hydroxyl groups excluding tert-OH is 1. The molecule has 1 rings (SSSR count). The molecule has 0 bridgehead atoms. The molecule has 118 valence electrons. The van der Waals surface area contributed by atoms with Gasteiger partial charge in [-0.05, 0) is 32.9 Å². The number of aliphatic hydroxyl groups is 1. The van der Waals surface area contributed by atoms with Gasteiger partial charge < -0.3 is 24.6 Å². The molecule has 0 aliphatic heterocycles. The number of carbonyl (C=O) groups excluding carboxylic acids is 1. The van der Waals surface area contributed by atoms with Crippen LogP contribution < -0.4 is 14.8 Å². The maximum atomic E-state index is 11.6. The van der Waals surface area contributed by atoms with Crippen LogP contribution in [0.2, 0.25) is 0 Å². The van der Waals surface area contributed by atoms with Crippen LogP contribution >= 0.6 is 0 Å². The topological polar surface area (TPSA) is 77.0 Å². The zero-order chi connectivity index (χ0) is 16.0. The van der Waals surface area contributed by atoms with E-state index in [1.165, 1.54) is 14.2 Å². The highest BCUT2D eigenvalue weighted by molar-refractivity contribution is 5.67. The third kappa shape index (κ3) is 5.15. The second-order valence-corrected chi connectivity index (χ2v) is 5.47. The summed E-state index contributed by atoms with van der Waals surface area (Å²) in [4.78, 5) is 11.6. The van der Waals surface area contributed by atoms with Crippen LogP contribution in [0.5, 0.6) is 11.5 Å². The summed E-state index contributed by atoms with van der Waals surface area (Å²) in [6.45, 7) is 5.30. The van der Waals surface area contributed by atoms with Crippen molar-refractivity contribution >= 4 is 6.09 Å². The maximum absolute atomic E-state index is 11.6. The first-order valence-electron chi connectivity index (χ1n) is 6.64. The van der Waals surface area contributed by atoms with E-state index >= 15 is 0 Å². The molecular weight excluding hydrogens is 274 g/mol. The highest BCUT2D eigenvalue weighted by atomic mass is 16.6. The van der Waals surface area contributed by atoms with Crippen molar-refractivity contribution in [2.24, 2.45) is 0 Å². The minimum Gasteiger partial charge on any atom is -0.496 e. The number of ether oxygens (including phenoxy) is 3. The van der Waals surface area contributed by atoms with Crippen molar-refractivity contribution in [2.45, 2.75) is 32.5 Å². The summed E-state index contributed by atoms with van der Waals surface area (Å²) < 4.78 is 15.5. The maximum Gasteiger partial charge on any atom is 0.407 e. The summed E-state index contributed by atoms with van der Waals surface area (Å²) >= 11 is 0. The van der Waals surface area contributed by atoms with Crippen LogP contribution in [0.15, 0.2) is 18.2 Å². The van der Waals surface area contributed by atoms with E-state index in [0.717, 1.165) is 0 Å². The van der Waals surface area contributed by atoms with E-state index in [-0.39, 0.29) is 6.54 Å². The summed E-state index contributed by atoms with van der Waals surface area (Å²) in [5.74, 6) is 0.987. The SMILES string of the molecule is COc1cccc(OC)c1C(O)CNC(=O)OC(C)(C)C. The van der Waals surface area contributed by atoms with Crippen LogP contribution in [0.1, 0.15) is 32.4 Å². The first-order chi connectivity index (χ1) is 9.78. The molecule has 21 heavy (non-hydrogen) atoms. The van der Waals surface area contributed by atoms with Gasteiger partial charge in [-0.3, -0.25) is 0 Å². The van der Waals surface area contributed by atoms with Gasteiger partial charge in [0, 0.05) is 0 Å². The molecule has 1 unspecified atom stereocenters. The number of benzene rings is 1. The fourth-order valence-electron chi connectivity index (χ4n) is 1.80. The Morgan fingerprint density at radius 1 is 1.24 bits per heavy atom. The van der Waals surface area contributed by atoms with Gasteiger partial charge >= 0.3 is 6.09 Å². The Balaban J connectivity index is 2.76. The third-order valence-corrected chi connectivity index (χ3v) is 2.64. The number of hydrogen-bond donors (Lipinski definition) is 2. The highest BCUT2D eigenvalue weighted by Crippen LogP contribution is 2.33. The zero-order valence-corrected chi connectivity index (χ0v) is 13.1.